The topological polar surface area (TPSA) is 75.0 Å². The zero-order chi connectivity index (χ0) is 19.5. The number of H-pyrrole nitrogens is 1. The molecular weight excluding hydrogens is 372 g/mol. The molecule has 2 aromatic heterocycles. The normalized spacial score (nSPS) is 12.2. The van der Waals surface area contributed by atoms with Crippen LogP contribution in [0, 0.1) is 0 Å². The fourth-order valence-corrected chi connectivity index (χ4v) is 3.86. The van der Waals surface area contributed by atoms with Gasteiger partial charge in [-0.25, -0.2) is 0 Å². The van der Waals surface area contributed by atoms with Crippen LogP contribution >= 0.6 is 11.8 Å². The summed E-state index contributed by atoms with van der Waals surface area (Å²) in [7, 11) is 1.80. The number of benzene rings is 2. The number of aromatic nitrogens is 3. The maximum atomic E-state index is 12.7. The second-order valence-electron chi connectivity index (χ2n) is 6.56. The first-order chi connectivity index (χ1) is 13.6. The van der Waals surface area contributed by atoms with Gasteiger partial charge in [-0.3, -0.25) is 4.79 Å². The second kappa shape index (κ2) is 7.90. The summed E-state index contributed by atoms with van der Waals surface area (Å²) in [6.07, 6.45) is 1.86. The number of rotatable bonds is 6. The smallest absolute Gasteiger partial charge is 0.277 e. The summed E-state index contributed by atoms with van der Waals surface area (Å²) in [6.45, 7) is 2.42. The van der Waals surface area contributed by atoms with Crippen LogP contribution in [0.1, 0.15) is 12.5 Å². The molecule has 1 N–H and O–H groups in total. The van der Waals surface area contributed by atoms with Gasteiger partial charge in [0.1, 0.15) is 0 Å². The maximum absolute atomic E-state index is 12.7. The van der Waals surface area contributed by atoms with Crippen LogP contribution in [0.2, 0.25) is 0 Å². The van der Waals surface area contributed by atoms with Crippen molar-refractivity contribution in [3.63, 3.8) is 0 Å². The molecule has 1 amide bonds. The number of carbonyl (C=O) groups is 1. The van der Waals surface area contributed by atoms with Crippen LogP contribution in [0.3, 0.4) is 0 Å². The number of amides is 1. The second-order valence-corrected chi connectivity index (χ2v) is 7.85. The van der Waals surface area contributed by atoms with Crippen molar-refractivity contribution >= 4 is 28.6 Å². The minimum Gasteiger partial charge on any atom is -0.411 e. The Labute approximate surface area is 167 Å². The molecular formula is C21H20N4O2S. The van der Waals surface area contributed by atoms with Crippen LogP contribution in [0.5, 0.6) is 0 Å². The van der Waals surface area contributed by atoms with Crippen molar-refractivity contribution < 1.29 is 9.21 Å². The maximum Gasteiger partial charge on any atom is 0.277 e. The third-order valence-corrected chi connectivity index (χ3v) is 5.41. The molecule has 4 rings (SSSR count). The van der Waals surface area contributed by atoms with Gasteiger partial charge in [0.25, 0.3) is 11.1 Å². The van der Waals surface area contributed by atoms with E-state index in [1.165, 1.54) is 11.8 Å². The molecule has 0 bridgehead atoms. The number of hydrogen-bond acceptors (Lipinski definition) is 5. The average Bonchev–Trinajstić information content (AvgIpc) is 3.34. The molecule has 0 aliphatic heterocycles. The van der Waals surface area contributed by atoms with Gasteiger partial charge >= 0.3 is 0 Å². The standard InChI is InChI=1S/C21H20N4O2S/c1-14(20(26)25(2)13-15-8-4-3-5-9-15)28-21-24-23-19(27-21)17-12-22-18-11-7-6-10-16(17)18/h3-12,14,22H,13H2,1-2H3/t14-/m1/s1. The Morgan fingerprint density at radius 2 is 1.89 bits per heavy atom. The number of carbonyl (C=O) groups excluding carboxylic acids is 1. The summed E-state index contributed by atoms with van der Waals surface area (Å²) in [5, 5.41) is 9.34. The lowest BCUT2D eigenvalue weighted by atomic mass is 10.2. The fraction of sp³-hybridized carbons (Fsp3) is 0.190. The Bertz CT molecular complexity index is 1090. The molecule has 2 aromatic carbocycles. The van der Waals surface area contributed by atoms with Crippen molar-refractivity contribution in [3.05, 3.63) is 66.4 Å². The van der Waals surface area contributed by atoms with E-state index in [4.69, 9.17) is 4.42 Å². The quantitative estimate of drug-likeness (QED) is 0.494. The van der Waals surface area contributed by atoms with Gasteiger partial charge in [-0.15, -0.1) is 10.2 Å². The van der Waals surface area contributed by atoms with E-state index in [0.29, 0.717) is 17.7 Å². The van der Waals surface area contributed by atoms with Crippen molar-refractivity contribution in [2.24, 2.45) is 0 Å². The number of aromatic amines is 1. The Kier molecular flexibility index (Phi) is 5.16. The molecule has 0 saturated carbocycles. The molecule has 1 atom stereocenters. The van der Waals surface area contributed by atoms with E-state index in [0.717, 1.165) is 22.0 Å². The molecule has 4 aromatic rings. The lowest BCUT2D eigenvalue weighted by Gasteiger charge is -2.20. The molecule has 0 spiro atoms. The summed E-state index contributed by atoms with van der Waals surface area (Å²) in [5.74, 6) is 0.456. The molecule has 2 heterocycles. The van der Waals surface area contributed by atoms with Gasteiger partial charge < -0.3 is 14.3 Å². The molecule has 6 nitrogen and oxygen atoms in total. The van der Waals surface area contributed by atoms with E-state index in [1.807, 2.05) is 67.7 Å². The van der Waals surface area contributed by atoms with Gasteiger partial charge in [0.15, 0.2) is 0 Å². The third-order valence-electron chi connectivity index (χ3n) is 4.49. The molecule has 0 aliphatic carbocycles. The molecule has 0 aliphatic rings. The molecule has 0 fully saturated rings. The third kappa shape index (κ3) is 3.80. The molecule has 142 valence electrons. The van der Waals surface area contributed by atoms with Crippen molar-refractivity contribution in [1.29, 1.82) is 0 Å². The van der Waals surface area contributed by atoms with E-state index < -0.39 is 0 Å². The highest BCUT2D eigenvalue weighted by Crippen LogP contribution is 2.31. The van der Waals surface area contributed by atoms with Gasteiger partial charge in [0.05, 0.1) is 10.8 Å². The van der Waals surface area contributed by atoms with E-state index in [1.54, 1.807) is 11.9 Å². The van der Waals surface area contributed by atoms with Crippen molar-refractivity contribution in [2.45, 2.75) is 23.9 Å². The molecule has 7 heteroatoms. The number of para-hydroxylation sites is 1. The van der Waals surface area contributed by atoms with E-state index >= 15 is 0 Å². The Morgan fingerprint density at radius 3 is 2.71 bits per heavy atom. The number of nitrogens with zero attached hydrogens (tertiary/aromatic N) is 3. The van der Waals surface area contributed by atoms with Gasteiger partial charge in [0, 0.05) is 30.7 Å². The number of nitrogens with one attached hydrogen (secondary N) is 1. The fourth-order valence-electron chi connectivity index (χ4n) is 3.06. The molecule has 0 unspecified atom stereocenters. The van der Waals surface area contributed by atoms with Crippen LogP contribution in [0.25, 0.3) is 22.4 Å². The van der Waals surface area contributed by atoms with E-state index in [9.17, 15) is 4.79 Å². The molecule has 0 radical (unpaired) electrons. The van der Waals surface area contributed by atoms with Crippen LogP contribution in [-0.4, -0.2) is 38.3 Å². The van der Waals surface area contributed by atoms with E-state index in [2.05, 4.69) is 15.2 Å². The predicted molar refractivity (Wildman–Crippen MR) is 110 cm³/mol. The minimum absolute atomic E-state index is 0.0145. The Balaban J connectivity index is 1.44. The summed E-state index contributed by atoms with van der Waals surface area (Å²) in [6, 6.07) is 17.8. The monoisotopic (exact) mass is 392 g/mol. The molecule has 28 heavy (non-hydrogen) atoms. The lowest BCUT2D eigenvalue weighted by molar-refractivity contribution is -0.129. The van der Waals surface area contributed by atoms with Gasteiger partial charge in [-0.05, 0) is 18.6 Å². The van der Waals surface area contributed by atoms with Crippen molar-refractivity contribution in [1.82, 2.24) is 20.1 Å². The highest BCUT2D eigenvalue weighted by atomic mass is 32.2. The lowest BCUT2D eigenvalue weighted by Crippen LogP contribution is -2.32. The SMILES string of the molecule is C[C@@H](Sc1nnc(-c2c[nH]c3ccccc23)o1)C(=O)N(C)Cc1ccccc1. The zero-order valence-corrected chi connectivity index (χ0v) is 16.4. The van der Waals surface area contributed by atoms with Gasteiger partial charge in [-0.2, -0.15) is 0 Å². The summed E-state index contributed by atoms with van der Waals surface area (Å²) < 4.78 is 5.80. The number of fused-ring (bicyclic) bond motifs is 1. The number of thioether (sulfide) groups is 1. The van der Waals surface area contributed by atoms with Gasteiger partial charge in [0.2, 0.25) is 5.91 Å². The van der Waals surface area contributed by atoms with Crippen LogP contribution in [0.4, 0.5) is 0 Å². The highest BCUT2D eigenvalue weighted by molar-refractivity contribution is 8.00. The molecule has 0 saturated heterocycles. The van der Waals surface area contributed by atoms with Crippen LogP contribution in [-0.2, 0) is 11.3 Å². The van der Waals surface area contributed by atoms with Crippen molar-refractivity contribution in [2.75, 3.05) is 7.05 Å². The van der Waals surface area contributed by atoms with Gasteiger partial charge in [-0.1, -0.05) is 60.3 Å². The Hall–Kier alpha value is -3.06. The van der Waals surface area contributed by atoms with E-state index in [-0.39, 0.29) is 11.2 Å². The highest BCUT2D eigenvalue weighted by Gasteiger charge is 2.22. The average molecular weight is 392 g/mol. The first kappa shape index (κ1) is 18.3. The largest absolute Gasteiger partial charge is 0.411 e. The minimum atomic E-state index is -0.329. The van der Waals surface area contributed by atoms with Crippen LogP contribution < -0.4 is 0 Å². The number of hydrogen-bond donors (Lipinski definition) is 1. The first-order valence-electron chi connectivity index (χ1n) is 8.97. The Morgan fingerprint density at radius 1 is 1.14 bits per heavy atom. The van der Waals surface area contributed by atoms with Crippen LogP contribution in [0.15, 0.2) is 70.4 Å². The predicted octanol–water partition coefficient (Wildman–Crippen LogP) is 4.36. The first-order valence-corrected chi connectivity index (χ1v) is 9.85. The summed E-state index contributed by atoms with van der Waals surface area (Å²) in [4.78, 5) is 17.6. The summed E-state index contributed by atoms with van der Waals surface area (Å²) in [5.41, 5.74) is 2.96. The zero-order valence-electron chi connectivity index (χ0n) is 15.6. The summed E-state index contributed by atoms with van der Waals surface area (Å²) >= 11 is 1.27. The van der Waals surface area contributed by atoms with Crippen molar-refractivity contribution in [3.8, 4) is 11.5 Å².